The van der Waals surface area contributed by atoms with Crippen molar-refractivity contribution in [2.75, 3.05) is 19.6 Å². The van der Waals surface area contributed by atoms with Gasteiger partial charge >= 0.3 is 12.1 Å². The number of piperidine rings is 1. The number of rotatable bonds is 3. The van der Waals surface area contributed by atoms with Crippen molar-refractivity contribution in [1.82, 2.24) is 4.90 Å². The van der Waals surface area contributed by atoms with Gasteiger partial charge in [-0.15, -0.1) is 0 Å². The van der Waals surface area contributed by atoms with Crippen molar-refractivity contribution in [3.8, 4) is 0 Å². The molecule has 116 valence electrons. The van der Waals surface area contributed by atoms with Crippen LogP contribution in [0.15, 0.2) is 24.3 Å². The van der Waals surface area contributed by atoms with Gasteiger partial charge in [-0.2, -0.15) is 13.2 Å². The second-order valence-electron chi connectivity index (χ2n) is 5.21. The topological polar surface area (TPSA) is 40.5 Å². The van der Waals surface area contributed by atoms with Gasteiger partial charge in [0.1, 0.15) is 0 Å². The number of halogens is 4. The Labute approximate surface area is 125 Å². The van der Waals surface area contributed by atoms with Crippen molar-refractivity contribution in [2.45, 2.75) is 18.5 Å². The highest BCUT2D eigenvalue weighted by atomic mass is 35.5. The summed E-state index contributed by atoms with van der Waals surface area (Å²) in [5.74, 6) is -2.24. The second kappa shape index (κ2) is 6.23. The summed E-state index contributed by atoms with van der Waals surface area (Å²) in [6.45, 7) is -0.863. The van der Waals surface area contributed by atoms with E-state index in [1.807, 2.05) is 0 Å². The first-order valence-corrected chi connectivity index (χ1v) is 6.92. The number of carboxylic acids is 1. The summed E-state index contributed by atoms with van der Waals surface area (Å²) in [5, 5.41) is 9.69. The fourth-order valence-corrected chi connectivity index (χ4v) is 3.08. The maximum absolute atomic E-state index is 12.5. The molecule has 0 amide bonds. The molecule has 1 aliphatic heterocycles. The maximum Gasteiger partial charge on any atom is 0.401 e. The van der Waals surface area contributed by atoms with Gasteiger partial charge in [0.05, 0.1) is 12.5 Å². The van der Waals surface area contributed by atoms with Crippen molar-refractivity contribution in [1.29, 1.82) is 0 Å². The highest BCUT2D eigenvalue weighted by Gasteiger charge is 2.39. The summed E-state index contributed by atoms with van der Waals surface area (Å²) in [5.41, 5.74) is 0.596. The largest absolute Gasteiger partial charge is 0.481 e. The van der Waals surface area contributed by atoms with Crippen molar-refractivity contribution in [2.24, 2.45) is 5.92 Å². The summed E-state index contributed by atoms with van der Waals surface area (Å²) >= 11 is 6.07. The van der Waals surface area contributed by atoms with Crippen molar-refractivity contribution in [3.05, 3.63) is 34.9 Å². The number of alkyl halides is 3. The molecule has 1 aromatic carbocycles. The van der Waals surface area contributed by atoms with Gasteiger partial charge in [-0.05, 0) is 24.6 Å². The third kappa shape index (κ3) is 4.11. The third-order valence-corrected chi connectivity index (χ3v) is 4.07. The molecule has 21 heavy (non-hydrogen) atoms. The van der Waals surface area contributed by atoms with Gasteiger partial charge in [0.15, 0.2) is 0 Å². The van der Waals surface area contributed by atoms with Crippen LogP contribution in [0.5, 0.6) is 0 Å². The monoisotopic (exact) mass is 321 g/mol. The number of likely N-dealkylation sites (tertiary alicyclic amines) is 1. The van der Waals surface area contributed by atoms with E-state index in [2.05, 4.69) is 0 Å². The van der Waals surface area contributed by atoms with Crippen LogP contribution in [0.4, 0.5) is 13.2 Å². The predicted molar refractivity (Wildman–Crippen MR) is 72.4 cm³/mol. The SMILES string of the molecule is O=C(O)C1CCN(CC(F)(F)F)CC1c1ccccc1Cl. The van der Waals surface area contributed by atoms with Crippen LogP contribution in [-0.4, -0.2) is 41.8 Å². The van der Waals surface area contributed by atoms with Crippen LogP contribution in [0.2, 0.25) is 5.02 Å². The molecule has 0 radical (unpaired) electrons. The van der Waals surface area contributed by atoms with Crippen LogP contribution in [0.25, 0.3) is 0 Å². The molecule has 1 saturated heterocycles. The summed E-state index contributed by atoms with van der Waals surface area (Å²) in [7, 11) is 0. The molecular weight excluding hydrogens is 307 g/mol. The van der Waals surface area contributed by atoms with Crippen LogP contribution in [0, 0.1) is 5.92 Å². The Kier molecular flexibility index (Phi) is 4.78. The molecular formula is C14H15ClF3NO2. The molecule has 0 saturated carbocycles. The van der Waals surface area contributed by atoms with E-state index in [4.69, 9.17) is 11.6 Å². The summed E-state index contributed by atoms with van der Waals surface area (Å²) in [6, 6.07) is 6.72. The summed E-state index contributed by atoms with van der Waals surface area (Å²) in [6.07, 6.45) is -4.11. The summed E-state index contributed by atoms with van der Waals surface area (Å²) in [4.78, 5) is 12.6. The molecule has 1 aliphatic rings. The number of carboxylic acid groups (broad SMARTS) is 1. The lowest BCUT2D eigenvalue weighted by atomic mass is 9.80. The first-order valence-electron chi connectivity index (χ1n) is 6.54. The fourth-order valence-electron chi connectivity index (χ4n) is 2.80. The average Bonchev–Trinajstić information content (AvgIpc) is 2.37. The Hall–Kier alpha value is -1.27. The molecule has 1 N–H and O–H groups in total. The Bertz CT molecular complexity index is 521. The molecule has 0 aromatic heterocycles. The lowest BCUT2D eigenvalue weighted by Crippen LogP contribution is -2.45. The van der Waals surface area contributed by atoms with Gasteiger partial charge in [0.2, 0.25) is 0 Å². The molecule has 0 bridgehead atoms. The number of nitrogens with zero attached hydrogens (tertiary/aromatic N) is 1. The van der Waals surface area contributed by atoms with E-state index in [1.54, 1.807) is 24.3 Å². The Balaban J connectivity index is 2.24. The second-order valence-corrected chi connectivity index (χ2v) is 5.62. The highest BCUT2D eigenvalue weighted by molar-refractivity contribution is 6.31. The molecule has 3 nitrogen and oxygen atoms in total. The first-order chi connectivity index (χ1) is 9.78. The molecule has 1 heterocycles. The number of carbonyl (C=O) groups is 1. The Morgan fingerprint density at radius 1 is 1.38 bits per heavy atom. The molecule has 0 aliphatic carbocycles. The standard InChI is InChI=1S/C14H15ClF3NO2/c15-12-4-2-1-3-9(12)11-7-19(8-14(16,17)18)6-5-10(11)13(20)21/h1-4,10-11H,5-8H2,(H,20,21). The number of benzene rings is 1. The molecule has 0 spiro atoms. The normalized spacial score (nSPS) is 24.0. The van der Waals surface area contributed by atoms with E-state index in [-0.39, 0.29) is 19.5 Å². The van der Waals surface area contributed by atoms with Gasteiger partial charge in [0.25, 0.3) is 0 Å². The van der Waals surface area contributed by atoms with Crippen LogP contribution < -0.4 is 0 Å². The van der Waals surface area contributed by atoms with Gasteiger partial charge < -0.3 is 5.11 Å². The smallest absolute Gasteiger partial charge is 0.401 e. The molecule has 1 aromatic rings. The zero-order chi connectivity index (χ0) is 15.6. The van der Waals surface area contributed by atoms with Crippen LogP contribution in [-0.2, 0) is 4.79 Å². The van der Waals surface area contributed by atoms with Crippen LogP contribution in [0.3, 0.4) is 0 Å². The minimum absolute atomic E-state index is 0.0419. The number of hydrogen-bond donors (Lipinski definition) is 1. The van der Waals surface area contributed by atoms with Gasteiger partial charge in [0, 0.05) is 17.5 Å². The van der Waals surface area contributed by atoms with Gasteiger partial charge in [-0.25, -0.2) is 0 Å². The average molecular weight is 322 g/mol. The summed E-state index contributed by atoms with van der Waals surface area (Å²) < 4.78 is 37.6. The Morgan fingerprint density at radius 2 is 2.05 bits per heavy atom. The zero-order valence-corrected chi connectivity index (χ0v) is 11.9. The van der Waals surface area contributed by atoms with E-state index in [0.29, 0.717) is 10.6 Å². The third-order valence-electron chi connectivity index (χ3n) is 3.72. The number of aliphatic carboxylic acids is 1. The van der Waals surface area contributed by atoms with Crippen LogP contribution >= 0.6 is 11.6 Å². The fraction of sp³-hybridized carbons (Fsp3) is 0.500. The van der Waals surface area contributed by atoms with Gasteiger partial charge in [-0.1, -0.05) is 29.8 Å². The predicted octanol–water partition coefficient (Wildman–Crippen LogP) is 3.39. The van der Waals surface area contributed by atoms with E-state index in [0.717, 1.165) is 0 Å². The van der Waals surface area contributed by atoms with Crippen molar-refractivity contribution in [3.63, 3.8) is 0 Å². The lowest BCUT2D eigenvalue weighted by Gasteiger charge is -2.37. The van der Waals surface area contributed by atoms with E-state index in [1.165, 1.54) is 4.90 Å². The minimum atomic E-state index is -4.29. The molecule has 7 heteroatoms. The zero-order valence-electron chi connectivity index (χ0n) is 11.1. The quantitative estimate of drug-likeness (QED) is 0.927. The molecule has 2 unspecified atom stereocenters. The maximum atomic E-state index is 12.5. The van der Waals surface area contributed by atoms with Crippen molar-refractivity contribution >= 4 is 17.6 Å². The highest BCUT2D eigenvalue weighted by Crippen LogP contribution is 2.37. The molecule has 2 atom stereocenters. The Morgan fingerprint density at radius 3 is 2.62 bits per heavy atom. The minimum Gasteiger partial charge on any atom is -0.481 e. The van der Waals surface area contributed by atoms with E-state index < -0.39 is 30.5 Å². The lowest BCUT2D eigenvalue weighted by molar-refractivity contribution is -0.154. The first kappa shape index (κ1) is 16.1. The molecule has 1 fully saturated rings. The van der Waals surface area contributed by atoms with Crippen molar-refractivity contribution < 1.29 is 23.1 Å². The van der Waals surface area contributed by atoms with Crippen LogP contribution in [0.1, 0.15) is 17.9 Å². The molecule has 2 rings (SSSR count). The van der Waals surface area contributed by atoms with E-state index >= 15 is 0 Å². The van der Waals surface area contributed by atoms with E-state index in [9.17, 15) is 23.1 Å². The number of hydrogen-bond acceptors (Lipinski definition) is 2. The van der Waals surface area contributed by atoms with Gasteiger partial charge in [-0.3, -0.25) is 9.69 Å².